The molecule has 1 atom stereocenters. The molecule has 1 saturated carbocycles. The van der Waals surface area contributed by atoms with Gasteiger partial charge in [-0.2, -0.15) is 0 Å². The van der Waals surface area contributed by atoms with Gasteiger partial charge in [0.2, 0.25) is 6.41 Å². The number of hydrogen-bond acceptors (Lipinski definition) is 4. The van der Waals surface area contributed by atoms with Crippen molar-refractivity contribution in [1.29, 1.82) is 0 Å². The zero-order valence-corrected chi connectivity index (χ0v) is 17.2. The molecule has 29 heavy (non-hydrogen) atoms. The Kier molecular flexibility index (Phi) is 6.75. The van der Waals surface area contributed by atoms with Gasteiger partial charge in [0.25, 0.3) is 0 Å². The molecule has 0 aromatic carbocycles. The van der Waals surface area contributed by atoms with Crippen molar-refractivity contribution < 1.29 is 4.79 Å². The van der Waals surface area contributed by atoms with Gasteiger partial charge in [-0.1, -0.05) is 25.3 Å². The second kappa shape index (κ2) is 9.86. The molecule has 2 aromatic heterocycles. The van der Waals surface area contributed by atoms with Crippen LogP contribution in [0.1, 0.15) is 51.4 Å². The van der Waals surface area contributed by atoms with Crippen LogP contribution in [-0.2, 0) is 4.79 Å². The van der Waals surface area contributed by atoms with E-state index >= 15 is 0 Å². The van der Waals surface area contributed by atoms with Gasteiger partial charge < -0.3 is 9.80 Å². The molecule has 0 N–H and O–H groups in total. The maximum Gasteiger partial charge on any atom is 0.209 e. The first kappa shape index (κ1) is 19.9. The molecule has 5 nitrogen and oxygen atoms in total. The van der Waals surface area contributed by atoms with E-state index in [1.54, 1.807) is 6.20 Å². The van der Waals surface area contributed by atoms with Crippen LogP contribution in [0, 0.1) is 5.92 Å². The van der Waals surface area contributed by atoms with Gasteiger partial charge in [0.05, 0.1) is 0 Å². The summed E-state index contributed by atoms with van der Waals surface area (Å²) in [6.07, 6.45) is 16.5. The Hall–Kier alpha value is -2.43. The standard InChI is InChI=1S/C24H32N4O/c29-19-28(23-8-2-1-3-9-23)15-12-20-6-5-14-27(18-20)24-11-10-22(17-26-24)21-7-4-13-25-16-21/h4,7,10-11,13,16-17,19-20,23H,1-3,5-6,8-9,12,14-15,18H2. The molecule has 1 amide bonds. The van der Waals surface area contributed by atoms with Crippen LogP contribution in [0.25, 0.3) is 11.1 Å². The van der Waals surface area contributed by atoms with E-state index in [2.05, 4.69) is 33.0 Å². The lowest BCUT2D eigenvalue weighted by Gasteiger charge is -2.36. The van der Waals surface area contributed by atoms with Crippen LogP contribution in [0.3, 0.4) is 0 Å². The van der Waals surface area contributed by atoms with Gasteiger partial charge in [-0.15, -0.1) is 0 Å². The number of rotatable bonds is 7. The van der Waals surface area contributed by atoms with E-state index in [0.29, 0.717) is 12.0 Å². The van der Waals surface area contributed by atoms with Crippen molar-refractivity contribution in [3.63, 3.8) is 0 Å². The normalized spacial score (nSPS) is 20.4. The third-order valence-electron chi connectivity index (χ3n) is 6.56. The van der Waals surface area contributed by atoms with Gasteiger partial charge in [0.1, 0.15) is 5.82 Å². The highest BCUT2D eigenvalue weighted by molar-refractivity contribution is 5.62. The van der Waals surface area contributed by atoms with E-state index in [0.717, 1.165) is 49.4 Å². The number of carbonyl (C=O) groups excluding carboxylic acids is 1. The molecule has 2 aromatic rings. The van der Waals surface area contributed by atoms with Crippen LogP contribution >= 0.6 is 0 Å². The number of nitrogens with zero attached hydrogens (tertiary/aromatic N) is 4. The summed E-state index contributed by atoms with van der Waals surface area (Å²) >= 11 is 0. The van der Waals surface area contributed by atoms with Gasteiger partial charge in [-0.3, -0.25) is 9.78 Å². The van der Waals surface area contributed by atoms with Crippen molar-refractivity contribution >= 4 is 12.2 Å². The predicted molar refractivity (Wildman–Crippen MR) is 117 cm³/mol. The quantitative estimate of drug-likeness (QED) is 0.649. The smallest absolute Gasteiger partial charge is 0.209 e. The highest BCUT2D eigenvalue weighted by Gasteiger charge is 2.24. The second-order valence-electron chi connectivity index (χ2n) is 8.52. The maximum atomic E-state index is 11.6. The number of piperidine rings is 1. The molecule has 154 valence electrons. The summed E-state index contributed by atoms with van der Waals surface area (Å²) < 4.78 is 0. The number of amides is 1. The Bertz CT molecular complexity index is 758. The third-order valence-corrected chi connectivity index (χ3v) is 6.56. The fourth-order valence-corrected chi connectivity index (χ4v) is 4.85. The molecule has 3 heterocycles. The summed E-state index contributed by atoms with van der Waals surface area (Å²) in [5.74, 6) is 1.69. The minimum atomic E-state index is 0.475. The lowest BCUT2D eigenvalue weighted by atomic mass is 9.92. The second-order valence-corrected chi connectivity index (χ2v) is 8.52. The first-order chi connectivity index (χ1) is 14.3. The largest absolute Gasteiger partial charge is 0.356 e. The molecule has 2 fully saturated rings. The topological polar surface area (TPSA) is 49.3 Å². The van der Waals surface area contributed by atoms with Crippen molar-refractivity contribution in [3.05, 3.63) is 42.9 Å². The number of anilines is 1. The Labute approximate surface area is 174 Å². The highest BCUT2D eigenvalue weighted by atomic mass is 16.1. The average molecular weight is 393 g/mol. The zero-order valence-electron chi connectivity index (χ0n) is 17.2. The number of hydrogen-bond donors (Lipinski definition) is 0. The van der Waals surface area contributed by atoms with Crippen LogP contribution < -0.4 is 4.90 Å². The molecule has 1 aliphatic heterocycles. The van der Waals surface area contributed by atoms with Gasteiger partial charge in [-0.05, 0) is 56.2 Å². The van der Waals surface area contributed by atoms with Gasteiger partial charge in [0.15, 0.2) is 0 Å². The van der Waals surface area contributed by atoms with E-state index in [9.17, 15) is 4.79 Å². The Morgan fingerprint density at radius 2 is 1.90 bits per heavy atom. The summed E-state index contributed by atoms with van der Waals surface area (Å²) in [4.78, 5) is 25.0. The molecule has 1 saturated heterocycles. The van der Waals surface area contributed by atoms with Crippen molar-refractivity contribution in [2.75, 3.05) is 24.5 Å². The van der Waals surface area contributed by atoms with E-state index in [-0.39, 0.29) is 0 Å². The van der Waals surface area contributed by atoms with Crippen LogP contribution in [0.5, 0.6) is 0 Å². The summed E-state index contributed by atoms with van der Waals surface area (Å²) in [6, 6.07) is 8.76. The fraction of sp³-hybridized carbons (Fsp3) is 0.542. The monoisotopic (exact) mass is 392 g/mol. The Morgan fingerprint density at radius 1 is 1.03 bits per heavy atom. The first-order valence-corrected chi connectivity index (χ1v) is 11.2. The Balaban J connectivity index is 1.32. The lowest BCUT2D eigenvalue weighted by Crippen LogP contribution is -2.40. The van der Waals surface area contributed by atoms with Crippen molar-refractivity contribution in [2.24, 2.45) is 5.92 Å². The van der Waals surface area contributed by atoms with E-state index in [1.165, 1.54) is 44.9 Å². The maximum absolute atomic E-state index is 11.6. The molecular weight excluding hydrogens is 360 g/mol. The minimum absolute atomic E-state index is 0.475. The van der Waals surface area contributed by atoms with Crippen LogP contribution in [0.4, 0.5) is 5.82 Å². The molecule has 0 bridgehead atoms. The van der Waals surface area contributed by atoms with Gasteiger partial charge in [0, 0.05) is 55.4 Å². The molecule has 1 aliphatic carbocycles. The molecule has 5 heteroatoms. The van der Waals surface area contributed by atoms with E-state index in [1.807, 2.05) is 18.5 Å². The van der Waals surface area contributed by atoms with Crippen molar-refractivity contribution in [3.8, 4) is 11.1 Å². The minimum Gasteiger partial charge on any atom is -0.356 e. The highest BCUT2D eigenvalue weighted by Crippen LogP contribution is 2.27. The number of pyridine rings is 2. The van der Waals surface area contributed by atoms with Gasteiger partial charge in [-0.25, -0.2) is 4.98 Å². The van der Waals surface area contributed by atoms with Gasteiger partial charge >= 0.3 is 0 Å². The Morgan fingerprint density at radius 3 is 2.62 bits per heavy atom. The van der Waals surface area contributed by atoms with Crippen molar-refractivity contribution in [1.82, 2.24) is 14.9 Å². The SMILES string of the molecule is O=CN(CCC1CCCN(c2ccc(-c3cccnc3)cn2)C1)C1CCCCC1. The average Bonchev–Trinajstić information content (AvgIpc) is 2.81. The van der Waals surface area contributed by atoms with E-state index < -0.39 is 0 Å². The lowest BCUT2D eigenvalue weighted by molar-refractivity contribution is -0.121. The van der Waals surface area contributed by atoms with Crippen molar-refractivity contribution in [2.45, 2.75) is 57.4 Å². The summed E-state index contributed by atoms with van der Waals surface area (Å²) in [5, 5.41) is 0. The van der Waals surface area contributed by atoms with Crippen LogP contribution in [-0.4, -0.2) is 47.0 Å². The zero-order chi connectivity index (χ0) is 19.9. The molecule has 0 spiro atoms. The third kappa shape index (κ3) is 5.14. The molecular formula is C24H32N4O. The van der Waals surface area contributed by atoms with Crippen LogP contribution in [0.2, 0.25) is 0 Å². The molecule has 4 rings (SSSR count). The number of aromatic nitrogens is 2. The summed E-state index contributed by atoms with van der Waals surface area (Å²) in [7, 11) is 0. The molecule has 2 aliphatic rings. The fourth-order valence-electron chi connectivity index (χ4n) is 4.85. The predicted octanol–water partition coefficient (Wildman–Crippen LogP) is 4.54. The number of carbonyl (C=O) groups is 1. The summed E-state index contributed by atoms with van der Waals surface area (Å²) in [6.45, 7) is 3.01. The van der Waals surface area contributed by atoms with E-state index in [4.69, 9.17) is 4.98 Å². The van der Waals surface area contributed by atoms with Crippen LogP contribution in [0.15, 0.2) is 42.9 Å². The first-order valence-electron chi connectivity index (χ1n) is 11.2. The molecule has 1 unspecified atom stereocenters. The summed E-state index contributed by atoms with van der Waals surface area (Å²) in [5.41, 5.74) is 2.20. The molecule has 0 radical (unpaired) electrons.